The summed E-state index contributed by atoms with van der Waals surface area (Å²) in [5.74, 6) is 0.547. The second kappa shape index (κ2) is 8.96. The van der Waals surface area contributed by atoms with Gasteiger partial charge in [0.05, 0.1) is 10.2 Å². The molecule has 0 aliphatic heterocycles. The van der Waals surface area contributed by atoms with Crippen molar-refractivity contribution in [2.24, 2.45) is 16.5 Å². The number of nitrogens with zero attached hydrogens (tertiary/aromatic N) is 3. The predicted molar refractivity (Wildman–Crippen MR) is 91.4 cm³/mol. The molecule has 1 aromatic heterocycles. The first kappa shape index (κ1) is 17.9. The van der Waals surface area contributed by atoms with Gasteiger partial charge in [-0.2, -0.15) is 0 Å². The lowest BCUT2D eigenvalue weighted by atomic mass is 10.3. The number of thioether (sulfide) groups is 1. The molecule has 1 heterocycles. The maximum atomic E-state index is 13.2. The lowest BCUT2D eigenvalue weighted by molar-refractivity contribution is 0.298. The SMILES string of the molecule is NCCNCCSc1nonc1C(N)=Nc1ccc(F)c(Br)c1. The normalized spacial score (nSPS) is 11.9. The van der Waals surface area contributed by atoms with E-state index in [0.717, 1.165) is 18.8 Å². The molecule has 0 atom stereocenters. The van der Waals surface area contributed by atoms with Crippen LogP contribution in [0.4, 0.5) is 10.1 Å². The Morgan fingerprint density at radius 2 is 2.22 bits per heavy atom. The number of nitrogens with two attached hydrogens (primary N) is 2. The Kier molecular flexibility index (Phi) is 6.96. The van der Waals surface area contributed by atoms with Crippen molar-refractivity contribution in [3.8, 4) is 0 Å². The molecule has 0 unspecified atom stereocenters. The van der Waals surface area contributed by atoms with E-state index in [4.69, 9.17) is 16.1 Å². The summed E-state index contributed by atoms with van der Waals surface area (Å²) in [5.41, 5.74) is 12.2. The number of benzene rings is 1. The van der Waals surface area contributed by atoms with Crippen LogP contribution in [0.15, 0.2) is 37.3 Å². The molecule has 0 aliphatic rings. The Morgan fingerprint density at radius 1 is 1.39 bits per heavy atom. The summed E-state index contributed by atoms with van der Waals surface area (Å²) in [6, 6.07) is 4.35. The van der Waals surface area contributed by atoms with Gasteiger partial charge in [0.25, 0.3) is 0 Å². The van der Waals surface area contributed by atoms with Gasteiger partial charge in [-0.15, -0.1) is 0 Å². The number of aliphatic imine (C=N–C) groups is 1. The van der Waals surface area contributed by atoms with Crippen LogP contribution in [0, 0.1) is 5.82 Å². The van der Waals surface area contributed by atoms with Crippen LogP contribution in [0.3, 0.4) is 0 Å². The van der Waals surface area contributed by atoms with Gasteiger partial charge in [-0.3, -0.25) is 0 Å². The lowest BCUT2D eigenvalue weighted by Gasteiger charge is -2.02. The van der Waals surface area contributed by atoms with E-state index < -0.39 is 0 Å². The van der Waals surface area contributed by atoms with Gasteiger partial charge in [0.15, 0.2) is 16.6 Å². The Hall–Kier alpha value is -1.49. The third kappa shape index (κ3) is 5.27. The molecule has 7 nitrogen and oxygen atoms in total. The summed E-state index contributed by atoms with van der Waals surface area (Å²) in [4.78, 5) is 4.21. The number of aromatic nitrogens is 2. The maximum absolute atomic E-state index is 13.2. The van der Waals surface area contributed by atoms with Gasteiger partial charge in [0, 0.05) is 25.4 Å². The summed E-state index contributed by atoms with van der Waals surface area (Å²) in [5, 5.41) is 11.3. The van der Waals surface area contributed by atoms with E-state index in [-0.39, 0.29) is 11.7 Å². The molecule has 0 saturated carbocycles. The van der Waals surface area contributed by atoms with Gasteiger partial charge in [-0.25, -0.2) is 14.0 Å². The highest BCUT2D eigenvalue weighted by Crippen LogP contribution is 2.24. The van der Waals surface area contributed by atoms with E-state index in [0.29, 0.717) is 27.4 Å². The molecule has 124 valence electrons. The Labute approximate surface area is 145 Å². The zero-order valence-corrected chi connectivity index (χ0v) is 14.5. The molecule has 23 heavy (non-hydrogen) atoms. The van der Waals surface area contributed by atoms with Crippen molar-refractivity contribution in [3.63, 3.8) is 0 Å². The van der Waals surface area contributed by atoms with Crippen molar-refractivity contribution < 1.29 is 9.02 Å². The van der Waals surface area contributed by atoms with Gasteiger partial charge >= 0.3 is 0 Å². The first-order valence-electron chi connectivity index (χ1n) is 6.77. The minimum atomic E-state index is -0.369. The van der Waals surface area contributed by atoms with Crippen molar-refractivity contribution in [2.45, 2.75) is 5.03 Å². The number of halogens is 2. The number of rotatable bonds is 8. The highest BCUT2D eigenvalue weighted by molar-refractivity contribution is 9.10. The fourth-order valence-electron chi connectivity index (χ4n) is 1.63. The van der Waals surface area contributed by atoms with Crippen molar-refractivity contribution in [1.82, 2.24) is 15.6 Å². The highest BCUT2D eigenvalue weighted by atomic mass is 79.9. The van der Waals surface area contributed by atoms with E-state index >= 15 is 0 Å². The number of amidine groups is 1. The molecule has 2 rings (SSSR count). The second-order valence-electron chi connectivity index (χ2n) is 4.40. The van der Waals surface area contributed by atoms with E-state index in [9.17, 15) is 4.39 Å². The van der Waals surface area contributed by atoms with E-state index in [1.165, 1.54) is 30.0 Å². The molecular formula is C13H16BrFN6OS. The van der Waals surface area contributed by atoms with Crippen molar-refractivity contribution in [1.29, 1.82) is 0 Å². The zero-order valence-electron chi connectivity index (χ0n) is 12.1. The van der Waals surface area contributed by atoms with Gasteiger partial charge in [0.1, 0.15) is 5.82 Å². The number of hydrogen-bond donors (Lipinski definition) is 3. The molecule has 5 N–H and O–H groups in total. The van der Waals surface area contributed by atoms with Crippen molar-refractivity contribution in [3.05, 3.63) is 34.2 Å². The summed E-state index contributed by atoms with van der Waals surface area (Å²) in [7, 11) is 0. The fraction of sp³-hybridized carbons (Fsp3) is 0.308. The summed E-state index contributed by atoms with van der Waals surface area (Å²) < 4.78 is 18.3. The predicted octanol–water partition coefficient (Wildman–Crippen LogP) is 1.65. The minimum absolute atomic E-state index is 0.155. The highest BCUT2D eigenvalue weighted by Gasteiger charge is 2.14. The average molecular weight is 403 g/mol. The largest absolute Gasteiger partial charge is 0.382 e. The standard InChI is InChI=1S/C13H16BrFN6OS/c14-9-7-8(1-2-10(9)15)19-12(17)11-13(21-22-20-11)23-6-5-18-4-3-16/h1-2,7,18H,3-6,16H2,(H2,17,19). The number of hydrogen-bond acceptors (Lipinski definition) is 7. The fourth-order valence-corrected chi connectivity index (χ4v) is 2.80. The molecule has 0 amide bonds. The molecule has 0 spiro atoms. The number of nitrogens with one attached hydrogen (secondary N) is 1. The Balaban J connectivity index is 2.04. The molecule has 0 saturated heterocycles. The Morgan fingerprint density at radius 3 is 2.96 bits per heavy atom. The molecule has 2 aromatic rings. The van der Waals surface area contributed by atoms with Crippen LogP contribution in [-0.4, -0.2) is 41.5 Å². The van der Waals surface area contributed by atoms with Crippen molar-refractivity contribution in [2.75, 3.05) is 25.4 Å². The van der Waals surface area contributed by atoms with Gasteiger partial charge in [-0.05, 0) is 44.4 Å². The first-order valence-corrected chi connectivity index (χ1v) is 8.55. The molecule has 0 radical (unpaired) electrons. The van der Waals surface area contributed by atoms with Gasteiger partial charge < -0.3 is 16.8 Å². The van der Waals surface area contributed by atoms with E-state index in [1.54, 1.807) is 0 Å². The minimum Gasteiger partial charge on any atom is -0.382 e. The van der Waals surface area contributed by atoms with Crippen LogP contribution in [0.5, 0.6) is 0 Å². The van der Waals surface area contributed by atoms with Gasteiger partial charge in [0.2, 0.25) is 0 Å². The third-order valence-electron chi connectivity index (χ3n) is 2.69. The molecule has 0 fully saturated rings. The summed E-state index contributed by atoms with van der Waals surface area (Å²) in [6.45, 7) is 2.12. The van der Waals surface area contributed by atoms with Crippen LogP contribution >= 0.6 is 27.7 Å². The molecule has 10 heteroatoms. The summed E-state index contributed by atoms with van der Waals surface area (Å²) in [6.07, 6.45) is 0. The Bertz CT molecular complexity index is 680. The molecule has 0 bridgehead atoms. The molecule has 1 aromatic carbocycles. The smallest absolute Gasteiger partial charge is 0.183 e. The van der Waals surface area contributed by atoms with Crippen LogP contribution in [0.25, 0.3) is 0 Å². The van der Waals surface area contributed by atoms with Gasteiger partial charge in [-0.1, -0.05) is 11.8 Å². The van der Waals surface area contributed by atoms with Crippen LogP contribution < -0.4 is 16.8 Å². The van der Waals surface area contributed by atoms with E-state index in [1.807, 2.05) is 0 Å². The van der Waals surface area contributed by atoms with Crippen LogP contribution in [0.2, 0.25) is 0 Å². The molecule has 0 aliphatic carbocycles. The van der Waals surface area contributed by atoms with Crippen LogP contribution in [0.1, 0.15) is 5.69 Å². The summed E-state index contributed by atoms with van der Waals surface area (Å²) >= 11 is 4.55. The second-order valence-corrected chi connectivity index (χ2v) is 6.34. The van der Waals surface area contributed by atoms with E-state index in [2.05, 4.69) is 36.6 Å². The maximum Gasteiger partial charge on any atom is 0.183 e. The third-order valence-corrected chi connectivity index (χ3v) is 4.25. The average Bonchev–Trinajstić information content (AvgIpc) is 2.99. The monoisotopic (exact) mass is 402 g/mol. The quantitative estimate of drug-likeness (QED) is 0.266. The van der Waals surface area contributed by atoms with Crippen molar-refractivity contribution >= 4 is 39.2 Å². The lowest BCUT2D eigenvalue weighted by Crippen LogP contribution is -2.24. The first-order chi connectivity index (χ1) is 11.1. The molecular weight excluding hydrogens is 387 g/mol. The zero-order chi connectivity index (χ0) is 16.7. The van der Waals surface area contributed by atoms with Crippen LogP contribution in [-0.2, 0) is 0 Å². The topological polar surface area (TPSA) is 115 Å².